The fraction of sp³-hybridized carbons (Fsp3) is 1.00. The van der Waals surface area contributed by atoms with Gasteiger partial charge in [0.05, 0.1) is 18.8 Å². The highest BCUT2D eigenvalue weighted by Crippen LogP contribution is 2.37. The first-order chi connectivity index (χ1) is 4.56. The SMILES string of the molecule is C[C@@H]1O[C@H](CO)CC1(C)C. The Labute approximate surface area is 62.2 Å². The van der Waals surface area contributed by atoms with Crippen LogP contribution >= 0.6 is 0 Å². The average molecular weight is 144 g/mol. The minimum atomic E-state index is 0.0741. The molecule has 1 heterocycles. The number of aliphatic hydroxyl groups is 1. The fourth-order valence-corrected chi connectivity index (χ4v) is 1.38. The van der Waals surface area contributed by atoms with Crippen LogP contribution in [0.25, 0.3) is 0 Å². The van der Waals surface area contributed by atoms with Crippen molar-refractivity contribution < 1.29 is 9.84 Å². The van der Waals surface area contributed by atoms with E-state index in [4.69, 9.17) is 9.84 Å². The highest BCUT2D eigenvalue weighted by Gasteiger charge is 2.37. The number of hydrogen-bond donors (Lipinski definition) is 1. The van der Waals surface area contributed by atoms with Crippen LogP contribution in [0.5, 0.6) is 0 Å². The third kappa shape index (κ3) is 1.32. The van der Waals surface area contributed by atoms with Gasteiger partial charge in [-0.1, -0.05) is 13.8 Å². The van der Waals surface area contributed by atoms with Gasteiger partial charge in [0.25, 0.3) is 0 Å². The Morgan fingerprint density at radius 2 is 2.20 bits per heavy atom. The Hall–Kier alpha value is -0.0800. The number of ether oxygens (including phenoxy) is 1. The first kappa shape index (κ1) is 8.02. The minimum absolute atomic E-state index is 0.0741. The molecule has 0 unspecified atom stereocenters. The predicted molar refractivity (Wildman–Crippen MR) is 39.8 cm³/mol. The first-order valence-corrected chi connectivity index (χ1v) is 3.82. The normalized spacial score (nSPS) is 38.4. The summed E-state index contributed by atoms with van der Waals surface area (Å²) in [6, 6.07) is 0. The molecule has 0 bridgehead atoms. The minimum Gasteiger partial charge on any atom is -0.394 e. The van der Waals surface area contributed by atoms with Crippen LogP contribution < -0.4 is 0 Å². The van der Waals surface area contributed by atoms with E-state index in [-0.39, 0.29) is 24.2 Å². The Morgan fingerprint density at radius 1 is 1.60 bits per heavy atom. The molecular formula is C8H16O2. The van der Waals surface area contributed by atoms with Crippen LogP contribution in [-0.2, 0) is 4.74 Å². The van der Waals surface area contributed by atoms with E-state index in [0.717, 1.165) is 6.42 Å². The molecule has 2 nitrogen and oxygen atoms in total. The van der Waals surface area contributed by atoms with E-state index in [2.05, 4.69) is 20.8 Å². The largest absolute Gasteiger partial charge is 0.394 e. The van der Waals surface area contributed by atoms with Crippen molar-refractivity contribution in [3.63, 3.8) is 0 Å². The number of rotatable bonds is 1. The zero-order chi connectivity index (χ0) is 7.78. The molecule has 1 saturated heterocycles. The van der Waals surface area contributed by atoms with E-state index in [9.17, 15) is 0 Å². The molecule has 1 rings (SSSR count). The molecule has 0 aromatic rings. The monoisotopic (exact) mass is 144 g/mol. The van der Waals surface area contributed by atoms with Crippen LogP contribution in [0.4, 0.5) is 0 Å². The van der Waals surface area contributed by atoms with Crippen molar-refractivity contribution in [1.29, 1.82) is 0 Å². The molecule has 0 amide bonds. The predicted octanol–water partition coefficient (Wildman–Crippen LogP) is 1.18. The van der Waals surface area contributed by atoms with E-state index in [0.29, 0.717) is 0 Å². The molecule has 2 heteroatoms. The first-order valence-electron chi connectivity index (χ1n) is 3.82. The summed E-state index contributed by atoms with van der Waals surface area (Å²) in [6.07, 6.45) is 1.33. The highest BCUT2D eigenvalue weighted by molar-refractivity contribution is 4.86. The van der Waals surface area contributed by atoms with E-state index < -0.39 is 0 Å². The van der Waals surface area contributed by atoms with Gasteiger partial charge in [0.1, 0.15) is 0 Å². The number of hydrogen-bond acceptors (Lipinski definition) is 2. The van der Waals surface area contributed by atoms with Crippen LogP contribution in [0.2, 0.25) is 0 Å². The molecule has 0 aromatic carbocycles. The van der Waals surface area contributed by atoms with Gasteiger partial charge in [-0.05, 0) is 18.8 Å². The molecule has 0 radical (unpaired) electrons. The van der Waals surface area contributed by atoms with Gasteiger partial charge in [-0.15, -0.1) is 0 Å². The Bertz CT molecular complexity index is 120. The van der Waals surface area contributed by atoms with E-state index >= 15 is 0 Å². The lowest BCUT2D eigenvalue weighted by atomic mass is 9.85. The van der Waals surface area contributed by atoms with Crippen LogP contribution in [0.15, 0.2) is 0 Å². The van der Waals surface area contributed by atoms with Crippen molar-refractivity contribution in [2.45, 2.75) is 39.4 Å². The maximum atomic E-state index is 8.79. The third-order valence-electron chi connectivity index (χ3n) is 2.45. The summed E-state index contributed by atoms with van der Waals surface area (Å²) in [5.74, 6) is 0. The molecule has 1 N–H and O–H groups in total. The zero-order valence-electron chi connectivity index (χ0n) is 6.92. The van der Waals surface area contributed by atoms with Gasteiger partial charge in [-0.3, -0.25) is 0 Å². The van der Waals surface area contributed by atoms with Crippen LogP contribution in [0.1, 0.15) is 27.2 Å². The molecule has 1 aliphatic rings. The maximum Gasteiger partial charge on any atom is 0.0815 e. The maximum absolute atomic E-state index is 8.79. The summed E-state index contributed by atoms with van der Waals surface area (Å²) < 4.78 is 5.48. The molecule has 60 valence electrons. The van der Waals surface area contributed by atoms with Gasteiger partial charge >= 0.3 is 0 Å². The summed E-state index contributed by atoms with van der Waals surface area (Å²) in [5.41, 5.74) is 0.243. The van der Waals surface area contributed by atoms with E-state index in [1.54, 1.807) is 0 Å². The Kier molecular flexibility index (Phi) is 2.02. The third-order valence-corrected chi connectivity index (χ3v) is 2.45. The second-order valence-electron chi connectivity index (χ2n) is 3.78. The van der Waals surface area contributed by atoms with Crippen LogP contribution in [0, 0.1) is 5.41 Å². The summed E-state index contributed by atoms with van der Waals surface area (Å²) in [7, 11) is 0. The highest BCUT2D eigenvalue weighted by atomic mass is 16.5. The average Bonchev–Trinajstić information content (AvgIpc) is 2.08. The van der Waals surface area contributed by atoms with Gasteiger partial charge in [-0.25, -0.2) is 0 Å². The van der Waals surface area contributed by atoms with Crippen LogP contribution in [-0.4, -0.2) is 23.9 Å². The van der Waals surface area contributed by atoms with Crippen molar-refractivity contribution in [3.8, 4) is 0 Å². The van der Waals surface area contributed by atoms with E-state index in [1.165, 1.54) is 0 Å². The zero-order valence-corrected chi connectivity index (χ0v) is 6.92. The lowest BCUT2D eigenvalue weighted by Crippen LogP contribution is -2.19. The Morgan fingerprint density at radius 3 is 2.40 bits per heavy atom. The lowest BCUT2D eigenvalue weighted by Gasteiger charge is -2.20. The summed E-state index contributed by atoms with van der Waals surface area (Å²) >= 11 is 0. The molecule has 0 spiro atoms. The quantitative estimate of drug-likeness (QED) is 0.599. The number of aliphatic hydroxyl groups excluding tert-OH is 1. The summed E-state index contributed by atoms with van der Waals surface area (Å²) in [6.45, 7) is 6.57. The smallest absolute Gasteiger partial charge is 0.0815 e. The van der Waals surface area contributed by atoms with Crippen molar-refractivity contribution >= 4 is 0 Å². The van der Waals surface area contributed by atoms with Crippen LogP contribution in [0.3, 0.4) is 0 Å². The van der Waals surface area contributed by atoms with Gasteiger partial charge in [0, 0.05) is 0 Å². The van der Waals surface area contributed by atoms with Gasteiger partial charge in [0.15, 0.2) is 0 Å². The molecule has 0 saturated carbocycles. The van der Waals surface area contributed by atoms with Crippen molar-refractivity contribution in [2.75, 3.05) is 6.61 Å². The topological polar surface area (TPSA) is 29.5 Å². The van der Waals surface area contributed by atoms with Crippen molar-refractivity contribution in [1.82, 2.24) is 0 Å². The van der Waals surface area contributed by atoms with E-state index in [1.807, 2.05) is 0 Å². The Balaban J connectivity index is 2.53. The van der Waals surface area contributed by atoms with Gasteiger partial charge in [0.2, 0.25) is 0 Å². The van der Waals surface area contributed by atoms with Gasteiger partial charge in [-0.2, -0.15) is 0 Å². The molecule has 1 aliphatic heterocycles. The molecule has 0 aromatic heterocycles. The fourth-order valence-electron chi connectivity index (χ4n) is 1.38. The molecular weight excluding hydrogens is 128 g/mol. The van der Waals surface area contributed by atoms with Crippen molar-refractivity contribution in [3.05, 3.63) is 0 Å². The molecule has 0 aliphatic carbocycles. The second kappa shape index (κ2) is 2.51. The summed E-state index contributed by atoms with van der Waals surface area (Å²) in [4.78, 5) is 0. The standard InChI is InChI=1S/C8H16O2/c1-6-8(2,3)4-7(5-9)10-6/h6-7,9H,4-5H2,1-3H3/t6-,7-/m0/s1. The molecule has 1 fully saturated rings. The van der Waals surface area contributed by atoms with Crippen molar-refractivity contribution in [2.24, 2.45) is 5.41 Å². The molecule has 10 heavy (non-hydrogen) atoms. The van der Waals surface area contributed by atoms with Gasteiger partial charge < -0.3 is 9.84 Å². The second-order valence-corrected chi connectivity index (χ2v) is 3.78. The molecule has 2 atom stereocenters. The lowest BCUT2D eigenvalue weighted by molar-refractivity contribution is 0.00564. The summed E-state index contributed by atoms with van der Waals surface area (Å²) in [5, 5.41) is 8.79.